The summed E-state index contributed by atoms with van der Waals surface area (Å²) in [6, 6.07) is 11.0. The number of hydrogen-bond acceptors (Lipinski definition) is 4. The van der Waals surface area contributed by atoms with Gasteiger partial charge in [0.15, 0.2) is 5.78 Å². The summed E-state index contributed by atoms with van der Waals surface area (Å²) in [4.78, 5) is 13.5. The third-order valence-corrected chi connectivity index (χ3v) is 5.44. The lowest BCUT2D eigenvalue weighted by molar-refractivity contribution is 0.0982. The molecule has 1 N–H and O–H groups in total. The maximum Gasteiger partial charge on any atom is 0.164 e. The Kier molecular flexibility index (Phi) is 6.10. The summed E-state index contributed by atoms with van der Waals surface area (Å²) in [7, 11) is 0. The first-order chi connectivity index (χ1) is 9.70. The second-order valence-corrected chi connectivity index (χ2v) is 6.96. The predicted molar refractivity (Wildman–Crippen MR) is 87.0 cm³/mol. The van der Waals surface area contributed by atoms with E-state index in [0.717, 1.165) is 0 Å². The molecule has 0 aliphatic heterocycles. The third-order valence-electron chi connectivity index (χ3n) is 2.81. The molecule has 5 heteroatoms. The molecule has 0 radical (unpaired) electrons. The SMILES string of the molecule is O=C(CC(SCCO)c1cccs1)c1ccc(Cl)cc1. The van der Waals surface area contributed by atoms with Crippen LogP contribution in [0.1, 0.15) is 26.9 Å². The zero-order chi connectivity index (χ0) is 14.4. The number of carbonyl (C=O) groups is 1. The number of hydrogen-bond donors (Lipinski definition) is 1. The second kappa shape index (κ2) is 7.84. The van der Waals surface area contributed by atoms with Gasteiger partial charge in [0, 0.05) is 32.9 Å². The first kappa shape index (κ1) is 15.6. The third kappa shape index (κ3) is 4.35. The van der Waals surface area contributed by atoms with Gasteiger partial charge in [-0.1, -0.05) is 17.7 Å². The zero-order valence-electron chi connectivity index (χ0n) is 10.8. The molecule has 0 bridgehead atoms. The minimum absolute atomic E-state index is 0.102. The van der Waals surface area contributed by atoms with Crippen LogP contribution in [0, 0.1) is 0 Å². The van der Waals surface area contributed by atoms with Gasteiger partial charge in [-0.05, 0) is 35.7 Å². The minimum Gasteiger partial charge on any atom is -0.396 e. The molecule has 0 spiro atoms. The molecular weight excluding hydrogens is 312 g/mol. The molecule has 2 aromatic rings. The Hall–Kier alpha value is -0.810. The number of thioether (sulfide) groups is 1. The van der Waals surface area contributed by atoms with Gasteiger partial charge in [0.1, 0.15) is 0 Å². The summed E-state index contributed by atoms with van der Waals surface area (Å²) in [5.41, 5.74) is 0.681. The standard InChI is InChI=1S/C15H15ClO2S2/c16-12-5-3-11(4-6-12)13(18)10-15(20-9-7-17)14-2-1-8-19-14/h1-6,8,15,17H,7,9-10H2. The van der Waals surface area contributed by atoms with Crippen LogP contribution < -0.4 is 0 Å². The molecule has 1 heterocycles. The Morgan fingerprint density at radius 1 is 1.30 bits per heavy atom. The molecule has 106 valence electrons. The summed E-state index contributed by atoms with van der Waals surface area (Å²) in [5, 5.41) is 11.7. The van der Waals surface area contributed by atoms with Crippen LogP contribution in [0.15, 0.2) is 41.8 Å². The van der Waals surface area contributed by atoms with Gasteiger partial charge in [-0.15, -0.1) is 11.3 Å². The van der Waals surface area contributed by atoms with E-state index >= 15 is 0 Å². The second-order valence-electron chi connectivity index (χ2n) is 4.23. The van der Waals surface area contributed by atoms with Crippen molar-refractivity contribution in [3.05, 3.63) is 57.2 Å². The molecular formula is C15H15ClO2S2. The summed E-state index contributed by atoms with van der Waals surface area (Å²) < 4.78 is 0. The monoisotopic (exact) mass is 326 g/mol. The van der Waals surface area contributed by atoms with Gasteiger partial charge in [-0.3, -0.25) is 4.79 Å². The average Bonchev–Trinajstić information content (AvgIpc) is 2.98. The molecule has 1 aromatic carbocycles. The van der Waals surface area contributed by atoms with E-state index in [1.807, 2.05) is 17.5 Å². The summed E-state index contributed by atoms with van der Waals surface area (Å²) in [6.45, 7) is 0.127. The van der Waals surface area contributed by atoms with Gasteiger partial charge in [0.2, 0.25) is 0 Å². The van der Waals surface area contributed by atoms with Crippen molar-refractivity contribution in [3.8, 4) is 0 Å². The van der Waals surface area contributed by atoms with E-state index in [1.165, 1.54) is 4.88 Å². The summed E-state index contributed by atoms with van der Waals surface area (Å²) >= 11 is 9.09. The van der Waals surface area contributed by atoms with E-state index in [4.69, 9.17) is 16.7 Å². The van der Waals surface area contributed by atoms with E-state index < -0.39 is 0 Å². The van der Waals surface area contributed by atoms with E-state index in [2.05, 4.69) is 0 Å². The van der Waals surface area contributed by atoms with Crippen LogP contribution in [-0.2, 0) is 0 Å². The Balaban J connectivity index is 2.07. The smallest absolute Gasteiger partial charge is 0.164 e. The number of benzene rings is 1. The predicted octanol–water partition coefficient (Wildman–Crippen LogP) is 4.44. The van der Waals surface area contributed by atoms with Crippen molar-refractivity contribution in [1.29, 1.82) is 0 Å². The first-order valence-corrected chi connectivity index (χ1v) is 8.56. The Labute approximate surface area is 131 Å². The fraction of sp³-hybridized carbons (Fsp3) is 0.267. The van der Waals surface area contributed by atoms with E-state index in [0.29, 0.717) is 22.8 Å². The Morgan fingerprint density at radius 2 is 2.05 bits per heavy atom. The van der Waals surface area contributed by atoms with Crippen molar-refractivity contribution in [3.63, 3.8) is 0 Å². The van der Waals surface area contributed by atoms with Crippen LogP contribution in [0.5, 0.6) is 0 Å². The van der Waals surface area contributed by atoms with Crippen molar-refractivity contribution in [2.45, 2.75) is 11.7 Å². The number of carbonyl (C=O) groups excluding carboxylic acids is 1. The van der Waals surface area contributed by atoms with Gasteiger partial charge in [-0.25, -0.2) is 0 Å². The molecule has 0 amide bonds. The maximum absolute atomic E-state index is 12.3. The van der Waals surface area contributed by atoms with Crippen LogP contribution >= 0.6 is 34.7 Å². The van der Waals surface area contributed by atoms with E-state index in [-0.39, 0.29) is 17.6 Å². The molecule has 1 atom stereocenters. The van der Waals surface area contributed by atoms with Crippen molar-refractivity contribution in [1.82, 2.24) is 0 Å². The van der Waals surface area contributed by atoms with Gasteiger partial charge < -0.3 is 5.11 Å². The molecule has 0 aliphatic rings. The maximum atomic E-state index is 12.3. The Bertz CT molecular complexity index is 538. The quantitative estimate of drug-likeness (QED) is 0.764. The van der Waals surface area contributed by atoms with Crippen LogP contribution in [0.2, 0.25) is 5.02 Å². The van der Waals surface area contributed by atoms with Crippen molar-refractivity contribution in [2.75, 3.05) is 12.4 Å². The first-order valence-electron chi connectivity index (χ1n) is 6.25. The highest BCUT2D eigenvalue weighted by Gasteiger charge is 2.18. The lowest BCUT2D eigenvalue weighted by Crippen LogP contribution is -2.05. The largest absolute Gasteiger partial charge is 0.396 e. The van der Waals surface area contributed by atoms with Gasteiger partial charge in [0.25, 0.3) is 0 Å². The van der Waals surface area contributed by atoms with Crippen LogP contribution in [-0.4, -0.2) is 23.2 Å². The van der Waals surface area contributed by atoms with Crippen molar-refractivity contribution >= 4 is 40.5 Å². The number of halogens is 1. The number of aliphatic hydroxyl groups excluding tert-OH is 1. The molecule has 1 aromatic heterocycles. The van der Waals surface area contributed by atoms with Gasteiger partial charge >= 0.3 is 0 Å². The summed E-state index contributed by atoms with van der Waals surface area (Å²) in [6.07, 6.45) is 0.437. The highest BCUT2D eigenvalue weighted by Crippen LogP contribution is 2.35. The van der Waals surface area contributed by atoms with E-state index in [9.17, 15) is 4.79 Å². The molecule has 0 aliphatic carbocycles. The van der Waals surface area contributed by atoms with Gasteiger partial charge in [0.05, 0.1) is 6.61 Å². The number of aliphatic hydroxyl groups is 1. The molecule has 0 fully saturated rings. The number of Topliss-reactive ketones (excluding diaryl/α,β-unsaturated/α-hetero) is 1. The fourth-order valence-corrected chi connectivity index (χ4v) is 3.94. The number of ketones is 1. The molecule has 0 saturated carbocycles. The fourth-order valence-electron chi connectivity index (χ4n) is 1.83. The molecule has 2 rings (SSSR count). The van der Waals surface area contributed by atoms with Crippen molar-refractivity contribution in [2.24, 2.45) is 0 Å². The van der Waals surface area contributed by atoms with Crippen molar-refractivity contribution < 1.29 is 9.90 Å². The van der Waals surface area contributed by atoms with E-state index in [1.54, 1.807) is 47.4 Å². The lowest BCUT2D eigenvalue weighted by Gasteiger charge is -2.14. The van der Waals surface area contributed by atoms with Crippen LogP contribution in [0.3, 0.4) is 0 Å². The van der Waals surface area contributed by atoms with Crippen LogP contribution in [0.4, 0.5) is 0 Å². The number of rotatable bonds is 7. The average molecular weight is 327 g/mol. The zero-order valence-corrected chi connectivity index (χ0v) is 13.2. The Morgan fingerprint density at radius 3 is 2.65 bits per heavy atom. The molecule has 20 heavy (non-hydrogen) atoms. The number of thiophene rings is 1. The van der Waals surface area contributed by atoms with Gasteiger partial charge in [-0.2, -0.15) is 11.8 Å². The lowest BCUT2D eigenvalue weighted by atomic mass is 10.1. The minimum atomic E-state index is 0.102. The molecule has 2 nitrogen and oxygen atoms in total. The summed E-state index contributed by atoms with van der Waals surface area (Å²) in [5.74, 6) is 0.738. The highest BCUT2D eigenvalue weighted by molar-refractivity contribution is 7.99. The molecule has 0 saturated heterocycles. The highest BCUT2D eigenvalue weighted by atomic mass is 35.5. The normalized spacial score (nSPS) is 12.3. The van der Waals surface area contributed by atoms with Crippen LogP contribution in [0.25, 0.3) is 0 Å². The molecule has 1 unspecified atom stereocenters. The topological polar surface area (TPSA) is 37.3 Å².